The van der Waals surface area contributed by atoms with Crippen molar-refractivity contribution < 1.29 is 4.79 Å². The van der Waals surface area contributed by atoms with Crippen LogP contribution in [0.2, 0.25) is 0 Å². The Kier molecular flexibility index (Phi) is 5.93. The Morgan fingerprint density at radius 1 is 1.16 bits per heavy atom. The van der Waals surface area contributed by atoms with Crippen LogP contribution in [-0.2, 0) is 24.1 Å². The Labute approximate surface area is 186 Å². The SMILES string of the molecule is O=C(NCCc1cscn1)C1CCCN(c2nc(-c3ccccc3)nc3c2CCC3)C1. The molecule has 160 valence electrons. The first kappa shape index (κ1) is 20.1. The second kappa shape index (κ2) is 9.14. The molecule has 3 aromatic rings. The van der Waals surface area contributed by atoms with E-state index in [4.69, 9.17) is 9.97 Å². The van der Waals surface area contributed by atoms with Gasteiger partial charge in [-0.05, 0) is 32.1 Å². The van der Waals surface area contributed by atoms with Gasteiger partial charge in [-0.1, -0.05) is 30.3 Å². The minimum atomic E-state index is -0.00335. The number of aromatic nitrogens is 3. The second-order valence-corrected chi connectivity index (χ2v) is 9.04. The van der Waals surface area contributed by atoms with Crippen molar-refractivity contribution >= 4 is 23.1 Å². The van der Waals surface area contributed by atoms with Crippen LogP contribution in [0.5, 0.6) is 0 Å². The lowest BCUT2D eigenvalue weighted by molar-refractivity contribution is -0.125. The van der Waals surface area contributed by atoms with E-state index in [2.05, 4.69) is 27.3 Å². The predicted molar refractivity (Wildman–Crippen MR) is 123 cm³/mol. The van der Waals surface area contributed by atoms with Crippen molar-refractivity contribution in [3.05, 3.63) is 58.2 Å². The summed E-state index contributed by atoms with van der Waals surface area (Å²) in [7, 11) is 0. The van der Waals surface area contributed by atoms with Crippen LogP contribution in [0.1, 0.15) is 36.2 Å². The largest absolute Gasteiger partial charge is 0.355 e. The summed E-state index contributed by atoms with van der Waals surface area (Å²) in [6.07, 6.45) is 5.89. The number of rotatable bonds is 6. The van der Waals surface area contributed by atoms with Gasteiger partial charge >= 0.3 is 0 Å². The van der Waals surface area contributed by atoms with E-state index in [1.807, 2.05) is 29.1 Å². The van der Waals surface area contributed by atoms with Gasteiger partial charge in [0, 0.05) is 48.3 Å². The van der Waals surface area contributed by atoms with Crippen LogP contribution in [0.25, 0.3) is 11.4 Å². The Hall–Kier alpha value is -2.80. The minimum Gasteiger partial charge on any atom is -0.355 e. The summed E-state index contributed by atoms with van der Waals surface area (Å²) in [5, 5.41) is 5.15. The van der Waals surface area contributed by atoms with E-state index in [-0.39, 0.29) is 11.8 Å². The van der Waals surface area contributed by atoms with Crippen LogP contribution in [0.3, 0.4) is 0 Å². The van der Waals surface area contributed by atoms with E-state index in [0.717, 1.165) is 74.5 Å². The number of piperidine rings is 1. The van der Waals surface area contributed by atoms with Crippen molar-refractivity contribution in [3.8, 4) is 11.4 Å². The van der Waals surface area contributed by atoms with Crippen molar-refractivity contribution in [2.45, 2.75) is 38.5 Å². The molecule has 0 bridgehead atoms. The van der Waals surface area contributed by atoms with Gasteiger partial charge in [0.05, 0.1) is 17.1 Å². The summed E-state index contributed by atoms with van der Waals surface area (Å²) in [6.45, 7) is 2.31. The minimum absolute atomic E-state index is 0.00335. The number of anilines is 1. The van der Waals surface area contributed by atoms with Crippen molar-refractivity contribution in [1.82, 2.24) is 20.3 Å². The van der Waals surface area contributed by atoms with Gasteiger partial charge in [0.2, 0.25) is 5.91 Å². The molecule has 0 radical (unpaired) electrons. The summed E-state index contributed by atoms with van der Waals surface area (Å²) in [6, 6.07) is 10.2. The van der Waals surface area contributed by atoms with Crippen molar-refractivity contribution in [2.24, 2.45) is 5.92 Å². The van der Waals surface area contributed by atoms with E-state index >= 15 is 0 Å². The highest BCUT2D eigenvalue weighted by Crippen LogP contribution is 2.33. The molecule has 1 fully saturated rings. The number of amides is 1. The molecular formula is C24H27N5OS. The molecule has 0 spiro atoms. The summed E-state index contributed by atoms with van der Waals surface area (Å²) < 4.78 is 0. The maximum absolute atomic E-state index is 12.8. The highest BCUT2D eigenvalue weighted by molar-refractivity contribution is 7.07. The molecule has 1 saturated heterocycles. The quantitative estimate of drug-likeness (QED) is 0.642. The topological polar surface area (TPSA) is 71.0 Å². The number of nitrogens with one attached hydrogen (secondary N) is 1. The Morgan fingerprint density at radius 2 is 2.06 bits per heavy atom. The van der Waals surface area contributed by atoms with Crippen molar-refractivity contribution in [3.63, 3.8) is 0 Å². The standard InChI is InChI=1S/C24H27N5OS/c30-24(25-12-11-19-15-31-16-26-19)18-8-5-13-29(14-18)23-20-9-4-10-21(20)27-22(28-23)17-6-2-1-3-7-17/h1-3,6-7,15-16,18H,4-5,8-14H2,(H,25,30). The van der Waals surface area contributed by atoms with Crippen molar-refractivity contribution in [1.29, 1.82) is 0 Å². The molecule has 2 aromatic heterocycles. The molecule has 1 amide bonds. The van der Waals surface area contributed by atoms with Crippen LogP contribution in [-0.4, -0.2) is 40.5 Å². The lowest BCUT2D eigenvalue weighted by atomic mass is 9.96. The number of hydrogen-bond acceptors (Lipinski definition) is 6. The molecule has 7 heteroatoms. The van der Waals surface area contributed by atoms with Gasteiger partial charge in [-0.25, -0.2) is 15.0 Å². The molecule has 6 nitrogen and oxygen atoms in total. The molecule has 1 N–H and O–H groups in total. The monoisotopic (exact) mass is 433 g/mol. The highest BCUT2D eigenvalue weighted by atomic mass is 32.1. The summed E-state index contributed by atoms with van der Waals surface area (Å²) in [5.41, 5.74) is 6.38. The molecule has 1 aliphatic heterocycles. The van der Waals surface area contributed by atoms with E-state index in [1.165, 1.54) is 11.3 Å². The first-order chi connectivity index (χ1) is 15.3. The zero-order chi connectivity index (χ0) is 21.0. The number of aryl methyl sites for hydroxylation is 1. The third-order valence-corrected chi connectivity index (χ3v) is 6.83. The number of thiazole rings is 1. The smallest absolute Gasteiger partial charge is 0.224 e. The third kappa shape index (κ3) is 4.46. The van der Waals surface area contributed by atoms with Crippen LogP contribution in [0, 0.1) is 5.92 Å². The fourth-order valence-corrected chi connectivity index (χ4v) is 5.19. The zero-order valence-corrected chi connectivity index (χ0v) is 18.4. The van der Waals surface area contributed by atoms with E-state index in [1.54, 1.807) is 11.3 Å². The number of fused-ring (bicyclic) bond motifs is 1. The average molecular weight is 434 g/mol. The first-order valence-corrected chi connectivity index (χ1v) is 12.1. The van der Waals surface area contributed by atoms with Gasteiger partial charge in [0.1, 0.15) is 5.82 Å². The van der Waals surface area contributed by atoms with Crippen LogP contribution >= 0.6 is 11.3 Å². The molecule has 1 unspecified atom stereocenters. The maximum atomic E-state index is 12.8. The lowest BCUT2D eigenvalue weighted by Crippen LogP contribution is -2.44. The molecule has 0 saturated carbocycles. The van der Waals surface area contributed by atoms with E-state index in [0.29, 0.717) is 6.54 Å². The summed E-state index contributed by atoms with van der Waals surface area (Å²) in [4.78, 5) is 29.3. The van der Waals surface area contributed by atoms with Gasteiger partial charge in [0.25, 0.3) is 0 Å². The van der Waals surface area contributed by atoms with Gasteiger partial charge in [-0.2, -0.15) is 0 Å². The second-order valence-electron chi connectivity index (χ2n) is 8.32. The maximum Gasteiger partial charge on any atom is 0.224 e. The summed E-state index contributed by atoms with van der Waals surface area (Å²) >= 11 is 1.59. The molecule has 3 heterocycles. The third-order valence-electron chi connectivity index (χ3n) is 6.20. The zero-order valence-electron chi connectivity index (χ0n) is 17.6. The average Bonchev–Trinajstić information content (AvgIpc) is 3.51. The van der Waals surface area contributed by atoms with Crippen molar-refractivity contribution in [2.75, 3.05) is 24.5 Å². The van der Waals surface area contributed by atoms with Gasteiger partial charge < -0.3 is 10.2 Å². The Balaban J connectivity index is 1.31. The summed E-state index contributed by atoms with van der Waals surface area (Å²) in [5.74, 6) is 1.98. The molecule has 1 atom stereocenters. The molecule has 1 aliphatic carbocycles. The first-order valence-electron chi connectivity index (χ1n) is 11.1. The molecule has 1 aromatic carbocycles. The molecular weight excluding hydrogens is 406 g/mol. The van der Waals surface area contributed by atoms with Gasteiger partial charge in [-0.3, -0.25) is 4.79 Å². The number of carbonyl (C=O) groups is 1. The van der Waals surface area contributed by atoms with E-state index in [9.17, 15) is 4.79 Å². The normalized spacial score (nSPS) is 18.1. The van der Waals surface area contributed by atoms with Crippen LogP contribution < -0.4 is 10.2 Å². The lowest BCUT2D eigenvalue weighted by Gasteiger charge is -2.34. The molecule has 2 aliphatic rings. The van der Waals surface area contributed by atoms with Gasteiger partial charge in [-0.15, -0.1) is 11.3 Å². The highest BCUT2D eigenvalue weighted by Gasteiger charge is 2.30. The predicted octanol–water partition coefficient (Wildman–Crippen LogP) is 3.66. The number of carbonyl (C=O) groups excluding carboxylic acids is 1. The molecule has 5 rings (SSSR count). The fourth-order valence-electron chi connectivity index (χ4n) is 4.59. The number of hydrogen-bond donors (Lipinski definition) is 1. The Morgan fingerprint density at radius 3 is 2.90 bits per heavy atom. The van der Waals surface area contributed by atoms with Crippen LogP contribution in [0.15, 0.2) is 41.2 Å². The van der Waals surface area contributed by atoms with E-state index < -0.39 is 0 Å². The fraction of sp³-hybridized carbons (Fsp3) is 0.417. The molecule has 31 heavy (non-hydrogen) atoms. The van der Waals surface area contributed by atoms with Gasteiger partial charge in [0.15, 0.2) is 5.82 Å². The number of nitrogens with zero attached hydrogens (tertiary/aromatic N) is 4. The Bertz CT molecular complexity index is 1040. The van der Waals surface area contributed by atoms with Crippen LogP contribution in [0.4, 0.5) is 5.82 Å². The number of benzene rings is 1.